The van der Waals surface area contributed by atoms with E-state index in [1.54, 1.807) is 29.2 Å². The molecule has 0 aliphatic rings. The molecule has 2 aromatic rings. The van der Waals surface area contributed by atoms with Crippen LogP contribution in [0.15, 0.2) is 54.6 Å². The summed E-state index contributed by atoms with van der Waals surface area (Å²) in [7, 11) is -3.55. The summed E-state index contributed by atoms with van der Waals surface area (Å²) in [5.41, 5.74) is 1.59. The fraction of sp³-hybridized carbons (Fsp3) is 0.316. The van der Waals surface area contributed by atoms with Crippen molar-refractivity contribution >= 4 is 27.3 Å². The molecule has 134 valence electrons. The first-order valence-electron chi connectivity index (χ1n) is 8.05. The Hall–Kier alpha value is -1.85. The molecule has 2 rings (SSSR count). The van der Waals surface area contributed by atoms with Gasteiger partial charge < -0.3 is 4.90 Å². The van der Waals surface area contributed by atoms with Gasteiger partial charge in [-0.15, -0.1) is 0 Å². The Morgan fingerprint density at radius 1 is 1.00 bits per heavy atom. The summed E-state index contributed by atoms with van der Waals surface area (Å²) in [4.78, 5) is 14.2. The van der Waals surface area contributed by atoms with Gasteiger partial charge in [-0.3, -0.25) is 4.79 Å². The van der Waals surface area contributed by atoms with E-state index in [1.165, 1.54) is 0 Å². The minimum absolute atomic E-state index is 0.0848. The van der Waals surface area contributed by atoms with Gasteiger partial charge in [-0.25, -0.2) is 8.42 Å². The smallest absolute Gasteiger partial charge is 0.238 e. The largest absolute Gasteiger partial charge is 0.335 e. The van der Waals surface area contributed by atoms with Gasteiger partial charge in [0.25, 0.3) is 0 Å². The summed E-state index contributed by atoms with van der Waals surface area (Å²) in [5, 5.41) is 0.547. The third-order valence-corrected chi connectivity index (χ3v) is 5.49. The first-order chi connectivity index (χ1) is 11.8. The van der Waals surface area contributed by atoms with E-state index in [0.717, 1.165) is 5.56 Å². The molecule has 0 heterocycles. The molecule has 0 radical (unpaired) electrons. The summed E-state index contributed by atoms with van der Waals surface area (Å²) < 4.78 is 24.8. The average Bonchev–Trinajstić information content (AvgIpc) is 2.54. The van der Waals surface area contributed by atoms with Crippen LogP contribution in [0, 0.1) is 0 Å². The quantitative estimate of drug-likeness (QED) is 0.737. The monoisotopic (exact) mass is 379 g/mol. The second kappa shape index (κ2) is 8.50. The van der Waals surface area contributed by atoms with Gasteiger partial charge in [-0.05, 0) is 37.1 Å². The molecule has 0 spiro atoms. The van der Waals surface area contributed by atoms with Crippen molar-refractivity contribution in [2.24, 2.45) is 0 Å². The van der Waals surface area contributed by atoms with Crippen molar-refractivity contribution < 1.29 is 13.2 Å². The molecule has 0 aliphatic carbocycles. The number of halogens is 1. The number of hydrogen-bond donors (Lipinski definition) is 0. The molecule has 0 bridgehead atoms. The van der Waals surface area contributed by atoms with Crippen molar-refractivity contribution in [2.75, 3.05) is 5.75 Å². The average molecular weight is 380 g/mol. The number of nitrogens with zero attached hydrogens (tertiary/aromatic N) is 1. The van der Waals surface area contributed by atoms with E-state index in [2.05, 4.69) is 0 Å². The molecule has 0 atom stereocenters. The number of amides is 1. The molecule has 6 heteroatoms. The van der Waals surface area contributed by atoms with Gasteiger partial charge in [0.15, 0.2) is 9.84 Å². The summed E-state index contributed by atoms with van der Waals surface area (Å²) >= 11 is 5.81. The minimum Gasteiger partial charge on any atom is -0.335 e. The van der Waals surface area contributed by atoms with Gasteiger partial charge in [0.1, 0.15) is 5.75 Å². The molecule has 1 amide bonds. The second-order valence-corrected chi connectivity index (χ2v) is 8.76. The highest BCUT2D eigenvalue weighted by Crippen LogP contribution is 2.14. The fourth-order valence-corrected chi connectivity index (χ4v) is 3.97. The predicted octanol–water partition coefficient (Wildman–Crippen LogP) is 3.69. The highest BCUT2D eigenvalue weighted by Gasteiger charge is 2.24. The molecule has 0 aliphatic heterocycles. The normalized spacial score (nSPS) is 11.5. The number of sulfone groups is 1. The van der Waals surface area contributed by atoms with Gasteiger partial charge in [0, 0.05) is 17.6 Å². The van der Waals surface area contributed by atoms with Gasteiger partial charge in [0.05, 0.1) is 5.75 Å². The molecule has 0 saturated carbocycles. The van der Waals surface area contributed by atoms with Crippen LogP contribution < -0.4 is 0 Å². The maximum atomic E-state index is 12.6. The number of benzene rings is 2. The lowest BCUT2D eigenvalue weighted by Crippen LogP contribution is -2.40. The molecule has 0 unspecified atom stereocenters. The molecule has 2 aromatic carbocycles. The zero-order valence-electron chi connectivity index (χ0n) is 14.4. The summed E-state index contributed by atoms with van der Waals surface area (Å²) in [6, 6.07) is 16.1. The van der Waals surface area contributed by atoms with Crippen molar-refractivity contribution in [2.45, 2.75) is 32.2 Å². The molecule has 4 nitrogen and oxygen atoms in total. The van der Waals surface area contributed by atoms with E-state index in [9.17, 15) is 13.2 Å². The maximum Gasteiger partial charge on any atom is 0.238 e. The number of carbonyl (C=O) groups excluding carboxylic acids is 1. The Morgan fingerprint density at radius 2 is 1.60 bits per heavy atom. The van der Waals surface area contributed by atoms with E-state index < -0.39 is 15.6 Å². The third kappa shape index (κ3) is 6.18. The maximum absolute atomic E-state index is 12.6. The second-order valence-electron chi connectivity index (χ2n) is 6.26. The Bertz CT molecular complexity index is 802. The standard InChI is InChI=1S/C19H22ClNO3S/c1-15(2)21(12-16-6-4-3-5-7-16)19(22)14-25(23,24)13-17-8-10-18(20)11-9-17/h3-11,15H,12-14H2,1-2H3. The van der Waals surface area contributed by atoms with Crippen LogP contribution in [-0.2, 0) is 26.9 Å². The third-order valence-electron chi connectivity index (χ3n) is 3.78. The topological polar surface area (TPSA) is 54.5 Å². The summed E-state index contributed by atoms with van der Waals surface area (Å²) in [6.07, 6.45) is 0. The molecular formula is C19H22ClNO3S. The van der Waals surface area contributed by atoms with Gasteiger partial charge in [-0.1, -0.05) is 54.1 Å². The highest BCUT2D eigenvalue weighted by molar-refractivity contribution is 7.91. The van der Waals surface area contributed by atoms with Crippen molar-refractivity contribution in [1.82, 2.24) is 4.90 Å². The highest BCUT2D eigenvalue weighted by atomic mass is 35.5. The minimum atomic E-state index is -3.55. The van der Waals surface area contributed by atoms with Gasteiger partial charge in [-0.2, -0.15) is 0 Å². The molecule has 0 saturated heterocycles. The summed E-state index contributed by atoms with van der Waals surface area (Å²) in [5.74, 6) is -1.05. The van der Waals surface area contributed by atoms with Crippen LogP contribution in [0.1, 0.15) is 25.0 Å². The zero-order chi connectivity index (χ0) is 18.4. The zero-order valence-corrected chi connectivity index (χ0v) is 15.9. The molecule has 0 aromatic heterocycles. The van der Waals surface area contributed by atoms with Crippen LogP contribution in [0.4, 0.5) is 0 Å². The van der Waals surface area contributed by atoms with E-state index >= 15 is 0 Å². The number of hydrogen-bond acceptors (Lipinski definition) is 3. The van der Waals surface area contributed by atoms with Crippen LogP contribution in [0.2, 0.25) is 5.02 Å². The number of carbonyl (C=O) groups is 1. The van der Waals surface area contributed by atoms with Crippen molar-refractivity contribution in [1.29, 1.82) is 0 Å². The lowest BCUT2D eigenvalue weighted by atomic mass is 10.2. The van der Waals surface area contributed by atoms with Crippen molar-refractivity contribution in [3.05, 3.63) is 70.7 Å². The predicted molar refractivity (Wildman–Crippen MR) is 101 cm³/mol. The van der Waals surface area contributed by atoms with E-state index in [4.69, 9.17) is 11.6 Å². The Labute approximate surface area is 154 Å². The lowest BCUT2D eigenvalue weighted by Gasteiger charge is -2.27. The van der Waals surface area contributed by atoms with Crippen molar-refractivity contribution in [3.8, 4) is 0 Å². The van der Waals surface area contributed by atoms with E-state index in [0.29, 0.717) is 17.1 Å². The summed E-state index contributed by atoms with van der Waals surface area (Å²) in [6.45, 7) is 4.16. The Kier molecular flexibility index (Phi) is 6.62. The fourth-order valence-electron chi connectivity index (χ4n) is 2.50. The first-order valence-corrected chi connectivity index (χ1v) is 10.2. The SMILES string of the molecule is CC(C)N(Cc1ccccc1)C(=O)CS(=O)(=O)Cc1ccc(Cl)cc1. The first kappa shape index (κ1) is 19.5. The Balaban J connectivity index is 2.07. The van der Waals surface area contributed by atoms with Crippen LogP contribution >= 0.6 is 11.6 Å². The lowest BCUT2D eigenvalue weighted by molar-refractivity contribution is -0.130. The molecule has 25 heavy (non-hydrogen) atoms. The van der Waals surface area contributed by atoms with Crippen LogP contribution in [0.5, 0.6) is 0 Å². The van der Waals surface area contributed by atoms with Crippen LogP contribution in [0.25, 0.3) is 0 Å². The molecular weight excluding hydrogens is 358 g/mol. The van der Waals surface area contributed by atoms with Crippen LogP contribution in [0.3, 0.4) is 0 Å². The van der Waals surface area contributed by atoms with Gasteiger partial charge in [0.2, 0.25) is 5.91 Å². The van der Waals surface area contributed by atoms with Crippen molar-refractivity contribution in [3.63, 3.8) is 0 Å². The van der Waals surface area contributed by atoms with E-state index in [1.807, 2.05) is 44.2 Å². The van der Waals surface area contributed by atoms with Crippen LogP contribution in [-0.4, -0.2) is 31.0 Å². The molecule has 0 fully saturated rings. The number of rotatable bonds is 7. The van der Waals surface area contributed by atoms with E-state index in [-0.39, 0.29) is 17.7 Å². The van der Waals surface area contributed by atoms with Gasteiger partial charge >= 0.3 is 0 Å². The Morgan fingerprint density at radius 3 is 2.16 bits per heavy atom. The molecule has 0 N–H and O–H groups in total.